The van der Waals surface area contributed by atoms with Crippen LogP contribution >= 0.6 is 15.8 Å². The van der Waals surface area contributed by atoms with Crippen molar-refractivity contribution in [1.82, 2.24) is 10.2 Å². The lowest BCUT2D eigenvalue weighted by atomic mass is 10.2. The van der Waals surface area contributed by atoms with Gasteiger partial charge in [0.2, 0.25) is 0 Å². The Kier molecular flexibility index (Phi) is 10.8. The Balaban J connectivity index is 1.46. The quantitative estimate of drug-likeness (QED) is 0.119. The molecule has 0 spiro atoms. The summed E-state index contributed by atoms with van der Waals surface area (Å²) in [6, 6.07) is 45.4. The van der Waals surface area contributed by atoms with E-state index in [0.717, 1.165) is 32.1 Å². The largest absolute Gasteiger partial charge is 0.338 e. The average Bonchev–Trinajstić information content (AvgIpc) is 3.43. The highest BCUT2D eigenvalue weighted by Crippen LogP contribution is 2.47. The molecule has 1 radical (unpaired) electrons. The molecule has 0 unspecified atom stereocenters. The summed E-state index contributed by atoms with van der Waals surface area (Å²) in [5.74, 6) is 0. The fourth-order valence-corrected chi connectivity index (χ4v) is 12.1. The molecule has 41 heavy (non-hydrogen) atoms. The molecule has 1 saturated heterocycles. The molecular weight excluding hydrogens is 554 g/mol. The van der Waals surface area contributed by atoms with Gasteiger partial charge in [0.05, 0.1) is 0 Å². The van der Waals surface area contributed by atoms with Crippen molar-refractivity contribution < 1.29 is 4.79 Å². The van der Waals surface area contributed by atoms with E-state index >= 15 is 0 Å². The van der Waals surface area contributed by atoms with E-state index in [9.17, 15) is 4.79 Å². The lowest BCUT2D eigenvalue weighted by Gasteiger charge is -2.29. The molecule has 0 bridgehead atoms. The van der Waals surface area contributed by atoms with Crippen LogP contribution in [-0.4, -0.2) is 50.7 Å². The van der Waals surface area contributed by atoms with Gasteiger partial charge in [-0.05, 0) is 56.1 Å². The highest BCUT2D eigenvalue weighted by Gasteiger charge is 2.41. The fraction of sp³-hybridized carbons (Fsp3) is 0.286. The first kappa shape index (κ1) is 29.7. The van der Waals surface area contributed by atoms with Crippen LogP contribution in [0.1, 0.15) is 12.8 Å². The van der Waals surface area contributed by atoms with Crippen molar-refractivity contribution in [2.75, 3.05) is 19.3 Å². The Hall–Kier alpha value is -2.77. The van der Waals surface area contributed by atoms with Gasteiger partial charge in [0, 0.05) is 33.6 Å². The number of carbonyl (C=O) groups excluding carboxylic acids is 1. The van der Waals surface area contributed by atoms with Crippen molar-refractivity contribution in [3.63, 3.8) is 0 Å². The van der Waals surface area contributed by atoms with Gasteiger partial charge in [0.15, 0.2) is 0 Å². The van der Waals surface area contributed by atoms with Crippen molar-refractivity contribution in [2.24, 2.45) is 0 Å². The number of amides is 2. The molecule has 0 aliphatic carbocycles. The number of rotatable bonds is 11. The lowest BCUT2D eigenvalue weighted by Crippen LogP contribution is -2.45. The van der Waals surface area contributed by atoms with E-state index in [1.165, 1.54) is 27.3 Å². The number of nitrogens with zero attached hydrogens (tertiary/aromatic N) is 1. The van der Waals surface area contributed by atoms with Gasteiger partial charge >= 0.3 is 6.03 Å². The molecule has 1 heterocycles. The third-order valence-corrected chi connectivity index (χ3v) is 14.5. The van der Waals surface area contributed by atoms with Crippen LogP contribution < -0.4 is 26.5 Å². The fourth-order valence-electron chi connectivity index (χ4n) is 5.77. The second-order valence-electron chi connectivity index (χ2n) is 11.1. The van der Waals surface area contributed by atoms with Crippen molar-refractivity contribution in [3.05, 3.63) is 121 Å². The monoisotopic (exact) mass is 595 g/mol. The maximum Gasteiger partial charge on any atom is 0.317 e. The van der Waals surface area contributed by atoms with E-state index in [1.807, 2.05) is 0 Å². The molecule has 2 amide bonds. The zero-order valence-corrected chi connectivity index (χ0v) is 27.0. The molecule has 4 aromatic carbocycles. The number of urea groups is 1. The van der Waals surface area contributed by atoms with Gasteiger partial charge in [0.25, 0.3) is 0 Å². The number of hydrogen-bond acceptors (Lipinski definition) is 1. The van der Waals surface area contributed by atoms with Crippen molar-refractivity contribution in [3.8, 4) is 0 Å². The molecule has 1 aliphatic heterocycles. The number of benzene rings is 4. The molecule has 211 valence electrons. The third kappa shape index (κ3) is 7.95. The number of hydrogen-bond donors (Lipinski definition) is 1. The predicted molar refractivity (Wildman–Crippen MR) is 182 cm³/mol. The Morgan fingerprint density at radius 2 is 1.22 bits per heavy atom. The molecular formula is C35H41N2OP2Si. The Labute approximate surface area is 250 Å². The van der Waals surface area contributed by atoms with Gasteiger partial charge in [-0.2, -0.15) is 0 Å². The van der Waals surface area contributed by atoms with Crippen LogP contribution in [0.25, 0.3) is 0 Å². The summed E-state index contributed by atoms with van der Waals surface area (Å²) in [6.45, 7) is 6.26. The first-order chi connectivity index (χ1) is 20.1. The van der Waals surface area contributed by atoms with Crippen LogP contribution in [0.4, 0.5) is 4.79 Å². The number of nitrogens with one attached hydrogen (secondary N) is 1. The van der Waals surface area contributed by atoms with E-state index in [2.05, 4.69) is 145 Å². The van der Waals surface area contributed by atoms with Crippen LogP contribution in [0, 0.1) is 0 Å². The van der Waals surface area contributed by atoms with Crippen LogP contribution in [0.3, 0.4) is 0 Å². The second kappa shape index (κ2) is 14.9. The minimum atomic E-state index is -0.599. The van der Waals surface area contributed by atoms with Gasteiger partial charge in [-0.1, -0.05) is 140 Å². The zero-order valence-electron chi connectivity index (χ0n) is 24.2. The Morgan fingerprint density at radius 1 is 0.756 bits per heavy atom. The third-order valence-electron chi connectivity index (χ3n) is 7.75. The minimum Gasteiger partial charge on any atom is -0.338 e. The molecule has 1 aliphatic rings. The van der Waals surface area contributed by atoms with Gasteiger partial charge < -0.3 is 10.2 Å². The summed E-state index contributed by atoms with van der Waals surface area (Å²) >= 11 is 0. The van der Waals surface area contributed by atoms with Crippen molar-refractivity contribution in [2.45, 2.75) is 43.7 Å². The standard InChI is InChI=1S/C35H41N2OP2Si/c1-41(2)25-15-24-36-35(38)37-27-34(40(32-20-11-5-12-21-32)33-22-13-6-14-23-33)26-29(37)28-39(30-16-7-3-8-17-30)31-18-9-4-10-19-31/h3-14,16-23,29,34H,15,24-28H2,1-2H3,(H,36,38)/t29-,34-/m0/s1. The normalized spacial score (nSPS) is 17.0. The van der Waals surface area contributed by atoms with Crippen LogP contribution in [0.2, 0.25) is 19.1 Å². The van der Waals surface area contributed by atoms with E-state index < -0.39 is 15.8 Å². The SMILES string of the molecule is C[Si](C)CCCNC(=O)N1C[C@@H](P(c2ccccc2)c2ccccc2)C[C@H]1CP(c1ccccc1)c1ccccc1. The predicted octanol–water partition coefficient (Wildman–Crippen LogP) is 6.55. The van der Waals surface area contributed by atoms with E-state index in [1.54, 1.807) is 0 Å². The zero-order chi connectivity index (χ0) is 28.4. The molecule has 3 nitrogen and oxygen atoms in total. The highest BCUT2D eigenvalue weighted by atomic mass is 31.1. The smallest absolute Gasteiger partial charge is 0.317 e. The maximum atomic E-state index is 13.8. The topological polar surface area (TPSA) is 32.3 Å². The minimum absolute atomic E-state index is 0.116. The average molecular weight is 596 g/mol. The lowest BCUT2D eigenvalue weighted by molar-refractivity contribution is 0.197. The van der Waals surface area contributed by atoms with Gasteiger partial charge in [-0.25, -0.2) is 4.79 Å². The number of carbonyl (C=O) groups is 1. The van der Waals surface area contributed by atoms with Gasteiger partial charge in [-0.3, -0.25) is 0 Å². The molecule has 5 rings (SSSR count). The molecule has 0 aromatic heterocycles. The Morgan fingerprint density at radius 3 is 1.68 bits per heavy atom. The van der Waals surface area contributed by atoms with Crippen molar-refractivity contribution >= 4 is 51.9 Å². The second-order valence-corrected chi connectivity index (χ2v) is 18.7. The van der Waals surface area contributed by atoms with E-state index in [0.29, 0.717) is 5.66 Å². The first-order valence-electron chi connectivity index (χ1n) is 14.7. The molecule has 0 saturated carbocycles. The van der Waals surface area contributed by atoms with Crippen LogP contribution in [0.5, 0.6) is 0 Å². The molecule has 2 atom stereocenters. The van der Waals surface area contributed by atoms with E-state index in [-0.39, 0.29) is 20.9 Å². The summed E-state index contributed by atoms with van der Waals surface area (Å²) in [5, 5.41) is 8.88. The van der Waals surface area contributed by atoms with E-state index in [4.69, 9.17) is 0 Å². The maximum absolute atomic E-state index is 13.8. The van der Waals surface area contributed by atoms with Gasteiger partial charge in [0.1, 0.15) is 0 Å². The number of likely N-dealkylation sites (tertiary alicyclic amines) is 1. The summed E-state index contributed by atoms with van der Waals surface area (Å²) in [4.78, 5) is 16.0. The molecule has 1 fully saturated rings. The molecule has 4 aromatic rings. The summed E-state index contributed by atoms with van der Waals surface area (Å²) in [7, 11) is -1.47. The summed E-state index contributed by atoms with van der Waals surface area (Å²) in [6.07, 6.45) is 3.08. The summed E-state index contributed by atoms with van der Waals surface area (Å²) < 4.78 is 0. The first-order valence-corrected chi connectivity index (χ1v) is 20.3. The molecule has 6 heteroatoms. The molecule has 1 N–H and O–H groups in total. The Bertz CT molecular complexity index is 1260. The summed E-state index contributed by atoms with van der Waals surface area (Å²) in [5.41, 5.74) is 0.412. The van der Waals surface area contributed by atoms with Gasteiger partial charge in [-0.15, -0.1) is 0 Å². The highest BCUT2D eigenvalue weighted by molar-refractivity contribution is 7.74. The van der Waals surface area contributed by atoms with Crippen molar-refractivity contribution in [1.29, 1.82) is 0 Å². The van der Waals surface area contributed by atoms with Crippen LogP contribution in [0.15, 0.2) is 121 Å². The van der Waals surface area contributed by atoms with Crippen LogP contribution in [-0.2, 0) is 0 Å².